The van der Waals surface area contributed by atoms with Crippen molar-refractivity contribution >= 4 is 24.0 Å². The first kappa shape index (κ1) is 33.6. The van der Waals surface area contributed by atoms with Gasteiger partial charge >= 0.3 is 5.97 Å². The number of unbranched alkanes of at least 4 members (excludes halogenated alkanes) is 6. The highest BCUT2D eigenvalue weighted by Gasteiger charge is 2.14. The van der Waals surface area contributed by atoms with Gasteiger partial charge in [-0.2, -0.15) is 0 Å². The molecule has 0 aliphatic rings. The zero-order chi connectivity index (χ0) is 31.1. The van der Waals surface area contributed by atoms with E-state index in [1.54, 1.807) is 18.5 Å². The molecule has 0 saturated carbocycles. The van der Waals surface area contributed by atoms with Gasteiger partial charge < -0.3 is 14.6 Å². The standard InChI is InChI=1S/C37H49N3O3/c1-6-8-10-12-26-40(27-13-11-9-7-2)33(41)24-18-29-14-20-31(21-15-29)35-36(39-28-38-35)32-22-16-30(17-23-32)19-25-34(42)43-37(3,4)5/h14-25,28H,6-13,26-27H2,1-5H3,(H,38,39). The summed E-state index contributed by atoms with van der Waals surface area (Å²) in [5, 5.41) is 0. The number of hydrogen-bond acceptors (Lipinski definition) is 4. The summed E-state index contributed by atoms with van der Waals surface area (Å²) in [4.78, 5) is 34.9. The molecule has 0 spiro atoms. The molecule has 0 atom stereocenters. The van der Waals surface area contributed by atoms with Crippen LogP contribution in [-0.4, -0.2) is 45.4 Å². The molecule has 1 amide bonds. The van der Waals surface area contributed by atoms with Gasteiger partial charge in [0, 0.05) is 36.4 Å². The van der Waals surface area contributed by atoms with Crippen LogP contribution in [0.25, 0.3) is 34.7 Å². The van der Waals surface area contributed by atoms with Gasteiger partial charge in [0.25, 0.3) is 0 Å². The van der Waals surface area contributed by atoms with Crippen molar-refractivity contribution in [1.29, 1.82) is 0 Å². The summed E-state index contributed by atoms with van der Waals surface area (Å²) in [6.07, 6.45) is 17.8. The molecule has 2 aromatic carbocycles. The number of esters is 1. The zero-order valence-corrected chi connectivity index (χ0v) is 26.7. The van der Waals surface area contributed by atoms with Gasteiger partial charge in [0.05, 0.1) is 17.7 Å². The Labute approximate surface area is 258 Å². The second-order valence-electron chi connectivity index (χ2n) is 12.0. The number of rotatable bonds is 16. The molecule has 1 aromatic heterocycles. The SMILES string of the molecule is CCCCCCN(CCCCCC)C(=O)C=Cc1ccc(-c2[nH]cnc2-c2ccc(C=CC(=O)OC(C)(C)C)cc2)cc1. The molecule has 230 valence electrons. The maximum Gasteiger partial charge on any atom is 0.331 e. The van der Waals surface area contributed by atoms with E-state index in [0.29, 0.717) is 0 Å². The summed E-state index contributed by atoms with van der Waals surface area (Å²) in [6.45, 7) is 11.6. The van der Waals surface area contributed by atoms with Gasteiger partial charge in [-0.25, -0.2) is 9.78 Å². The zero-order valence-electron chi connectivity index (χ0n) is 26.7. The van der Waals surface area contributed by atoms with Gasteiger partial charge in [-0.1, -0.05) is 101 Å². The summed E-state index contributed by atoms with van der Waals surface area (Å²) < 4.78 is 5.33. The Balaban J connectivity index is 1.64. The molecular formula is C37H49N3O3. The van der Waals surface area contributed by atoms with Gasteiger partial charge in [0.1, 0.15) is 5.60 Å². The highest BCUT2D eigenvalue weighted by atomic mass is 16.6. The molecule has 0 saturated heterocycles. The van der Waals surface area contributed by atoms with Crippen molar-refractivity contribution in [2.45, 2.75) is 91.6 Å². The van der Waals surface area contributed by atoms with Gasteiger partial charge in [0.2, 0.25) is 5.91 Å². The van der Waals surface area contributed by atoms with Crippen LogP contribution in [-0.2, 0) is 14.3 Å². The summed E-state index contributed by atoms with van der Waals surface area (Å²) in [5.74, 6) is -0.270. The normalized spacial score (nSPS) is 11.8. The Hall–Kier alpha value is -3.93. The lowest BCUT2D eigenvalue weighted by molar-refractivity contribution is -0.148. The Morgan fingerprint density at radius 1 is 0.767 bits per heavy atom. The maximum absolute atomic E-state index is 13.1. The first-order valence-corrected chi connectivity index (χ1v) is 15.8. The number of H-pyrrole nitrogens is 1. The number of amides is 1. The lowest BCUT2D eigenvalue weighted by Crippen LogP contribution is -2.31. The number of ether oxygens (including phenoxy) is 1. The fourth-order valence-corrected chi connectivity index (χ4v) is 4.81. The van der Waals surface area contributed by atoms with E-state index in [1.165, 1.54) is 44.6 Å². The van der Waals surface area contributed by atoms with Gasteiger partial charge in [-0.3, -0.25) is 4.79 Å². The van der Waals surface area contributed by atoms with Gasteiger partial charge in [-0.05, 0) is 56.9 Å². The number of hydrogen-bond donors (Lipinski definition) is 1. The number of aromatic amines is 1. The molecule has 0 bridgehead atoms. The monoisotopic (exact) mass is 583 g/mol. The van der Waals surface area contributed by atoms with E-state index >= 15 is 0 Å². The lowest BCUT2D eigenvalue weighted by Gasteiger charge is -2.21. The molecule has 0 fully saturated rings. The van der Waals surface area contributed by atoms with Crippen molar-refractivity contribution in [3.8, 4) is 22.5 Å². The van der Waals surface area contributed by atoms with Crippen LogP contribution in [0.4, 0.5) is 0 Å². The van der Waals surface area contributed by atoms with E-state index < -0.39 is 5.60 Å². The minimum absolute atomic E-state index is 0.0947. The van der Waals surface area contributed by atoms with Crippen molar-refractivity contribution in [1.82, 2.24) is 14.9 Å². The first-order valence-electron chi connectivity index (χ1n) is 15.8. The Morgan fingerprint density at radius 3 is 1.84 bits per heavy atom. The summed E-state index contributed by atoms with van der Waals surface area (Å²) in [6, 6.07) is 16.1. The highest BCUT2D eigenvalue weighted by molar-refractivity contribution is 5.92. The number of carbonyl (C=O) groups excluding carboxylic acids is 2. The maximum atomic E-state index is 13.1. The molecule has 0 aliphatic heterocycles. The van der Waals surface area contributed by atoms with Crippen molar-refractivity contribution in [2.75, 3.05) is 13.1 Å². The fourth-order valence-electron chi connectivity index (χ4n) is 4.81. The van der Waals surface area contributed by atoms with Crippen LogP contribution in [0.5, 0.6) is 0 Å². The van der Waals surface area contributed by atoms with E-state index in [-0.39, 0.29) is 11.9 Å². The van der Waals surface area contributed by atoms with E-state index in [4.69, 9.17) is 4.74 Å². The molecule has 6 heteroatoms. The van der Waals surface area contributed by atoms with Crippen molar-refractivity contribution < 1.29 is 14.3 Å². The Kier molecular flexibility index (Phi) is 13.5. The molecule has 3 aromatic rings. The largest absolute Gasteiger partial charge is 0.457 e. The van der Waals surface area contributed by atoms with Crippen LogP contribution in [0.1, 0.15) is 97.1 Å². The summed E-state index contributed by atoms with van der Waals surface area (Å²) in [5.41, 5.74) is 5.12. The van der Waals surface area contributed by atoms with E-state index in [0.717, 1.165) is 59.6 Å². The third kappa shape index (κ3) is 11.7. The highest BCUT2D eigenvalue weighted by Crippen LogP contribution is 2.29. The Morgan fingerprint density at radius 2 is 1.30 bits per heavy atom. The van der Waals surface area contributed by atoms with Crippen molar-refractivity contribution in [3.05, 3.63) is 78.1 Å². The molecule has 1 N–H and O–H groups in total. The number of imidazole rings is 1. The number of nitrogens with zero attached hydrogens (tertiary/aromatic N) is 2. The van der Waals surface area contributed by atoms with Gasteiger partial charge in [0.15, 0.2) is 0 Å². The average Bonchev–Trinajstić information content (AvgIpc) is 3.48. The summed E-state index contributed by atoms with van der Waals surface area (Å²) >= 11 is 0. The quantitative estimate of drug-likeness (QED) is 0.104. The average molecular weight is 584 g/mol. The molecule has 6 nitrogen and oxygen atoms in total. The second-order valence-corrected chi connectivity index (χ2v) is 12.0. The van der Waals surface area contributed by atoms with Crippen LogP contribution in [0, 0.1) is 0 Å². The smallest absolute Gasteiger partial charge is 0.331 e. The van der Waals surface area contributed by atoms with Crippen LogP contribution in [0.2, 0.25) is 0 Å². The van der Waals surface area contributed by atoms with Crippen molar-refractivity contribution in [3.63, 3.8) is 0 Å². The van der Waals surface area contributed by atoms with Crippen molar-refractivity contribution in [2.24, 2.45) is 0 Å². The fraction of sp³-hybridized carbons (Fsp3) is 0.432. The minimum Gasteiger partial charge on any atom is -0.457 e. The first-order chi connectivity index (χ1) is 20.7. The molecule has 43 heavy (non-hydrogen) atoms. The predicted octanol–water partition coefficient (Wildman–Crippen LogP) is 9.10. The van der Waals surface area contributed by atoms with Crippen LogP contribution in [0.15, 0.2) is 67.0 Å². The van der Waals surface area contributed by atoms with Crippen LogP contribution >= 0.6 is 0 Å². The summed E-state index contributed by atoms with van der Waals surface area (Å²) in [7, 11) is 0. The third-order valence-corrected chi connectivity index (χ3v) is 7.13. The van der Waals surface area contributed by atoms with E-state index in [2.05, 4.69) is 23.8 Å². The minimum atomic E-state index is -0.518. The number of benzene rings is 2. The van der Waals surface area contributed by atoms with E-state index in [9.17, 15) is 9.59 Å². The third-order valence-electron chi connectivity index (χ3n) is 7.13. The van der Waals surface area contributed by atoms with Crippen LogP contribution in [0.3, 0.4) is 0 Å². The Bertz CT molecular complexity index is 1320. The van der Waals surface area contributed by atoms with Crippen LogP contribution < -0.4 is 0 Å². The molecule has 1 heterocycles. The molecule has 3 rings (SSSR count). The predicted molar refractivity (Wildman–Crippen MR) is 178 cm³/mol. The number of aromatic nitrogens is 2. The molecule has 0 radical (unpaired) electrons. The van der Waals surface area contributed by atoms with E-state index in [1.807, 2.05) is 80.3 Å². The molecule has 0 unspecified atom stereocenters. The number of nitrogens with one attached hydrogen (secondary N) is 1. The molecular weight excluding hydrogens is 534 g/mol. The van der Waals surface area contributed by atoms with Gasteiger partial charge in [-0.15, -0.1) is 0 Å². The lowest BCUT2D eigenvalue weighted by atomic mass is 10.0. The molecule has 0 aliphatic carbocycles. The number of carbonyl (C=O) groups is 2. The second kappa shape index (κ2) is 17.3. The topological polar surface area (TPSA) is 75.3 Å².